The van der Waals surface area contributed by atoms with Crippen molar-refractivity contribution in [2.24, 2.45) is 7.05 Å². The topological polar surface area (TPSA) is 38.0 Å². The number of hydrogen-bond acceptors (Lipinski definition) is 2. The molecule has 3 nitrogen and oxygen atoms in total. The standard InChI is InChI=1S/C13H15ClN2O/c1-9-3-4-10(11(14)7-9)8-13(17)12-5-6-16(2)15-12/h3-7,13,17H,8H2,1-2H3. The van der Waals surface area contributed by atoms with E-state index in [2.05, 4.69) is 5.10 Å². The van der Waals surface area contributed by atoms with E-state index in [1.165, 1.54) is 0 Å². The van der Waals surface area contributed by atoms with Crippen LogP contribution in [0.1, 0.15) is 22.9 Å². The molecule has 4 heteroatoms. The SMILES string of the molecule is Cc1ccc(CC(O)c2ccn(C)n2)c(Cl)c1. The molecule has 0 radical (unpaired) electrons. The number of hydrogen-bond donors (Lipinski definition) is 1. The Bertz CT molecular complexity index is 522. The number of rotatable bonds is 3. The smallest absolute Gasteiger partial charge is 0.102 e. The molecule has 0 saturated heterocycles. The summed E-state index contributed by atoms with van der Waals surface area (Å²) >= 11 is 6.13. The van der Waals surface area contributed by atoms with Gasteiger partial charge in [-0.3, -0.25) is 4.68 Å². The van der Waals surface area contributed by atoms with Gasteiger partial charge in [-0.05, 0) is 30.2 Å². The first-order valence-corrected chi connectivity index (χ1v) is 5.86. The third kappa shape index (κ3) is 2.87. The van der Waals surface area contributed by atoms with Crippen LogP contribution in [0.15, 0.2) is 30.5 Å². The van der Waals surface area contributed by atoms with E-state index < -0.39 is 6.10 Å². The van der Waals surface area contributed by atoms with Gasteiger partial charge >= 0.3 is 0 Å². The van der Waals surface area contributed by atoms with Gasteiger partial charge in [0, 0.05) is 24.7 Å². The Kier molecular flexibility index (Phi) is 3.50. The molecule has 0 amide bonds. The highest BCUT2D eigenvalue weighted by Crippen LogP contribution is 2.23. The first-order valence-electron chi connectivity index (χ1n) is 5.49. The van der Waals surface area contributed by atoms with Crippen LogP contribution in [0.4, 0.5) is 0 Å². The minimum Gasteiger partial charge on any atom is -0.386 e. The van der Waals surface area contributed by atoms with Crippen molar-refractivity contribution in [2.45, 2.75) is 19.4 Å². The lowest BCUT2D eigenvalue weighted by Gasteiger charge is -2.10. The fourth-order valence-corrected chi connectivity index (χ4v) is 2.05. The van der Waals surface area contributed by atoms with Crippen LogP contribution in [0.5, 0.6) is 0 Å². The minimum atomic E-state index is -0.614. The molecular formula is C13H15ClN2O. The van der Waals surface area contributed by atoms with Crippen molar-refractivity contribution < 1.29 is 5.11 Å². The lowest BCUT2D eigenvalue weighted by atomic mass is 10.0. The van der Waals surface area contributed by atoms with Gasteiger partial charge in [-0.15, -0.1) is 0 Å². The van der Waals surface area contributed by atoms with Gasteiger partial charge in [-0.25, -0.2) is 0 Å². The number of aliphatic hydroxyl groups is 1. The van der Waals surface area contributed by atoms with Crippen LogP contribution < -0.4 is 0 Å². The molecule has 2 rings (SSSR count). The molecule has 0 fully saturated rings. The monoisotopic (exact) mass is 250 g/mol. The van der Waals surface area contributed by atoms with Gasteiger partial charge in [-0.1, -0.05) is 23.7 Å². The molecule has 1 N–H and O–H groups in total. The lowest BCUT2D eigenvalue weighted by Crippen LogP contribution is -2.04. The lowest BCUT2D eigenvalue weighted by molar-refractivity contribution is 0.173. The van der Waals surface area contributed by atoms with Crippen LogP contribution in [-0.4, -0.2) is 14.9 Å². The number of aliphatic hydroxyl groups excluding tert-OH is 1. The fourth-order valence-electron chi connectivity index (χ4n) is 1.74. The number of benzene rings is 1. The van der Waals surface area contributed by atoms with Crippen molar-refractivity contribution in [3.8, 4) is 0 Å². The first kappa shape index (κ1) is 12.1. The van der Waals surface area contributed by atoms with Gasteiger partial charge < -0.3 is 5.11 Å². The summed E-state index contributed by atoms with van der Waals surface area (Å²) in [6.45, 7) is 1.99. The second kappa shape index (κ2) is 4.90. The summed E-state index contributed by atoms with van der Waals surface area (Å²) in [5.41, 5.74) is 2.73. The molecule has 17 heavy (non-hydrogen) atoms. The zero-order chi connectivity index (χ0) is 12.4. The molecule has 0 aliphatic rings. The molecular weight excluding hydrogens is 236 g/mol. The van der Waals surface area contributed by atoms with E-state index in [4.69, 9.17) is 11.6 Å². The third-order valence-electron chi connectivity index (χ3n) is 2.70. The van der Waals surface area contributed by atoms with E-state index in [0.717, 1.165) is 11.1 Å². The molecule has 0 saturated carbocycles. The molecule has 1 unspecified atom stereocenters. The van der Waals surface area contributed by atoms with Crippen LogP contribution >= 0.6 is 11.6 Å². The number of nitrogens with zero attached hydrogens (tertiary/aromatic N) is 2. The van der Waals surface area contributed by atoms with Crippen molar-refractivity contribution in [3.05, 3.63) is 52.3 Å². The van der Waals surface area contributed by atoms with Crippen LogP contribution in [-0.2, 0) is 13.5 Å². The van der Waals surface area contributed by atoms with Gasteiger partial charge in [0.15, 0.2) is 0 Å². The van der Waals surface area contributed by atoms with Crippen molar-refractivity contribution in [3.63, 3.8) is 0 Å². The molecule has 0 aliphatic carbocycles. The summed E-state index contributed by atoms with van der Waals surface area (Å²) in [4.78, 5) is 0. The van der Waals surface area contributed by atoms with Crippen LogP contribution in [0.3, 0.4) is 0 Å². The summed E-state index contributed by atoms with van der Waals surface area (Å²) in [6, 6.07) is 7.66. The van der Waals surface area contributed by atoms with Gasteiger partial charge in [0.2, 0.25) is 0 Å². The predicted molar refractivity (Wildman–Crippen MR) is 68.1 cm³/mol. The maximum atomic E-state index is 10.0. The summed E-state index contributed by atoms with van der Waals surface area (Å²) < 4.78 is 1.68. The highest BCUT2D eigenvalue weighted by Gasteiger charge is 2.13. The van der Waals surface area contributed by atoms with E-state index in [1.807, 2.05) is 44.4 Å². The Balaban J connectivity index is 2.15. The fraction of sp³-hybridized carbons (Fsp3) is 0.308. The summed E-state index contributed by atoms with van der Waals surface area (Å²) in [5.74, 6) is 0. The van der Waals surface area contributed by atoms with Crippen LogP contribution in [0, 0.1) is 6.92 Å². The Hall–Kier alpha value is -1.32. The summed E-state index contributed by atoms with van der Waals surface area (Å²) in [5, 5.41) is 14.9. The Morgan fingerprint density at radius 1 is 1.41 bits per heavy atom. The average Bonchev–Trinajstić information content (AvgIpc) is 2.69. The third-order valence-corrected chi connectivity index (χ3v) is 3.05. The van der Waals surface area contributed by atoms with E-state index in [1.54, 1.807) is 4.68 Å². The Labute approximate surface area is 106 Å². The van der Waals surface area contributed by atoms with E-state index in [9.17, 15) is 5.11 Å². The quantitative estimate of drug-likeness (QED) is 0.910. The largest absolute Gasteiger partial charge is 0.386 e. The zero-order valence-corrected chi connectivity index (χ0v) is 10.6. The summed E-state index contributed by atoms with van der Waals surface area (Å²) in [6.07, 6.45) is 1.68. The van der Waals surface area contributed by atoms with Crippen molar-refractivity contribution >= 4 is 11.6 Å². The molecule has 1 aromatic carbocycles. The highest BCUT2D eigenvalue weighted by molar-refractivity contribution is 6.31. The van der Waals surface area contributed by atoms with E-state index in [0.29, 0.717) is 17.1 Å². The molecule has 2 aromatic rings. The molecule has 90 valence electrons. The van der Waals surface area contributed by atoms with Gasteiger partial charge in [0.25, 0.3) is 0 Å². The Morgan fingerprint density at radius 3 is 2.76 bits per heavy atom. The van der Waals surface area contributed by atoms with Crippen molar-refractivity contribution in [1.29, 1.82) is 0 Å². The average molecular weight is 251 g/mol. The molecule has 0 spiro atoms. The molecule has 1 aromatic heterocycles. The number of aryl methyl sites for hydroxylation is 2. The van der Waals surface area contributed by atoms with Gasteiger partial charge in [0.1, 0.15) is 6.10 Å². The predicted octanol–water partition coefficient (Wildman–Crippen LogP) is 2.66. The molecule has 1 heterocycles. The Morgan fingerprint density at radius 2 is 2.18 bits per heavy atom. The molecule has 0 aliphatic heterocycles. The van der Waals surface area contributed by atoms with Crippen molar-refractivity contribution in [2.75, 3.05) is 0 Å². The highest BCUT2D eigenvalue weighted by atomic mass is 35.5. The maximum Gasteiger partial charge on any atom is 0.102 e. The maximum absolute atomic E-state index is 10.0. The van der Waals surface area contributed by atoms with E-state index >= 15 is 0 Å². The summed E-state index contributed by atoms with van der Waals surface area (Å²) in [7, 11) is 1.83. The second-order valence-electron chi connectivity index (χ2n) is 4.23. The number of halogens is 1. The van der Waals surface area contributed by atoms with Gasteiger partial charge in [-0.2, -0.15) is 5.10 Å². The van der Waals surface area contributed by atoms with Crippen LogP contribution in [0.2, 0.25) is 5.02 Å². The molecule has 1 atom stereocenters. The zero-order valence-electron chi connectivity index (χ0n) is 9.89. The van der Waals surface area contributed by atoms with E-state index in [-0.39, 0.29) is 0 Å². The minimum absolute atomic E-state index is 0.482. The molecule has 0 bridgehead atoms. The normalized spacial score (nSPS) is 12.7. The van der Waals surface area contributed by atoms with Crippen molar-refractivity contribution in [1.82, 2.24) is 9.78 Å². The number of aromatic nitrogens is 2. The van der Waals surface area contributed by atoms with Gasteiger partial charge in [0.05, 0.1) is 5.69 Å². The second-order valence-corrected chi connectivity index (χ2v) is 4.64. The van der Waals surface area contributed by atoms with Crippen LogP contribution in [0.25, 0.3) is 0 Å². The first-order chi connectivity index (χ1) is 8.06.